The number of benzene rings is 3. The largest absolute Gasteiger partial charge is 0.494 e. The van der Waals surface area contributed by atoms with Gasteiger partial charge in [0.1, 0.15) is 29.3 Å². The van der Waals surface area contributed by atoms with Gasteiger partial charge in [0.25, 0.3) is 0 Å². The summed E-state index contributed by atoms with van der Waals surface area (Å²) in [6, 6.07) is 22.4. The van der Waals surface area contributed by atoms with E-state index in [0.717, 1.165) is 48.6 Å². The Morgan fingerprint density at radius 1 is 0.875 bits per heavy atom. The standard InChI is InChI=1S/C38H49N5O5/c1-4-47-29-14-10-26(11-15-29)22-32-36(45)42-35(37(46)41-32)33(23-27-12-16-31(17-13-27)48-30-8-6-5-7-9-30)43(34(44)24-38(2,3)39)25-28-18-20-40-21-19-28/h5-17,28,32-33,35,40H,4,18-25,39H2,1-3H3,(H,41,46)(H,42,45). The van der Waals surface area contributed by atoms with Gasteiger partial charge in [0.15, 0.2) is 0 Å². The third-order valence-corrected chi connectivity index (χ3v) is 8.86. The van der Waals surface area contributed by atoms with Crippen LogP contribution in [-0.4, -0.2) is 72.5 Å². The molecule has 2 aliphatic rings. The van der Waals surface area contributed by atoms with Crippen molar-refractivity contribution in [3.8, 4) is 17.2 Å². The topological polar surface area (TPSA) is 135 Å². The van der Waals surface area contributed by atoms with Crippen molar-refractivity contribution in [3.63, 3.8) is 0 Å². The average Bonchev–Trinajstić information content (AvgIpc) is 3.06. The summed E-state index contributed by atoms with van der Waals surface area (Å²) >= 11 is 0. The lowest BCUT2D eigenvalue weighted by atomic mass is 9.90. The second-order valence-electron chi connectivity index (χ2n) is 13.6. The highest BCUT2D eigenvalue weighted by molar-refractivity contribution is 5.98. The Bertz CT molecular complexity index is 1500. The van der Waals surface area contributed by atoms with E-state index >= 15 is 0 Å². The van der Waals surface area contributed by atoms with E-state index in [1.165, 1.54) is 0 Å². The lowest BCUT2D eigenvalue weighted by Gasteiger charge is -2.42. The van der Waals surface area contributed by atoms with Gasteiger partial charge in [-0.25, -0.2) is 0 Å². The predicted molar refractivity (Wildman–Crippen MR) is 186 cm³/mol. The first-order valence-electron chi connectivity index (χ1n) is 17.0. The summed E-state index contributed by atoms with van der Waals surface area (Å²) in [5, 5.41) is 9.40. The van der Waals surface area contributed by atoms with Crippen molar-refractivity contribution in [1.82, 2.24) is 20.9 Å². The van der Waals surface area contributed by atoms with E-state index < -0.39 is 23.7 Å². The minimum atomic E-state index is -0.944. The lowest BCUT2D eigenvalue weighted by Crippen LogP contribution is -2.69. The minimum absolute atomic E-state index is 0.112. The van der Waals surface area contributed by atoms with Crippen molar-refractivity contribution >= 4 is 17.7 Å². The summed E-state index contributed by atoms with van der Waals surface area (Å²) in [4.78, 5) is 43.4. The SMILES string of the molecule is CCOc1ccc(CC2NC(=O)C(C(Cc3ccc(Oc4ccccc4)cc3)N(CC3CCNCC3)C(=O)CC(C)(C)N)NC2=O)cc1. The fourth-order valence-corrected chi connectivity index (χ4v) is 6.41. The van der Waals surface area contributed by atoms with E-state index in [1.807, 2.05) is 105 Å². The fourth-order valence-electron chi connectivity index (χ4n) is 6.41. The summed E-state index contributed by atoms with van der Waals surface area (Å²) in [6.45, 7) is 8.36. The summed E-state index contributed by atoms with van der Waals surface area (Å²) in [5.74, 6) is 1.69. The molecule has 0 bridgehead atoms. The molecular weight excluding hydrogens is 606 g/mol. The zero-order valence-corrected chi connectivity index (χ0v) is 28.2. The first-order valence-corrected chi connectivity index (χ1v) is 17.0. The van der Waals surface area contributed by atoms with Crippen molar-refractivity contribution in [1.29, 1.82) is 0 Å². The maximum atomic E-state index is 14.1. The third-order valence-electron chi connectivity index (χ3n) is 8.86. The first kappa shape index (κ1) is 34.9. The van der Waals surface area contributed by atoms with Crippen molar-refractivity contribution < 1.29 is 23.9 Å². The molecule has 2 fully saturated rings. The van der Waals surface area contributed by atoms with Crippen LogP contribution in [0.4, 0.5) is 0 Å². The first-order chi connectivity index (χ1) is 23.1. The Hall–Kier alpha value is -4.41. The van der Waals surface area contributed by atoms with Crippen LogP contribution in [0, 0.1) is 5.92 Å². The monoisotopic (exact) mass is 655 g/mol. The number of para-hydroxylation sites is 1. The van der Waals surface area contributed by atoms with E-state index in [-0.39, 0.29) is 30.1 Å². The molecule has 0 radical (unpaired) electrons. The number of piperidine rings is 1. The minimum Gasteiger partial charge on any atom is -0.494 e. The molecule has 3 unspecified atom stereocenters. The fraction of sp³-hybridized carbons (Fsp3) is 0.447. The third kappa shape index (κ3) is 9.81. The summed E-state index contributed by atoms with van der Waals surface area (Å²) in [6.07, 6.45) is 2.64. The number of piperazine rings is 1. The van der Waals surface area contributed by atoms with Crippen LogP contribution in [-0.2, 0) is 27.2 Å². The molecule has 0 aromatic heterocycles. The highest BCUT2D eigenvalue weighted by Gasteiger charge is 2.43. The van der Waals surface area contributed by atoms with Gasteiger partial charge < -0.3 is 36.1 Å². The number of nitrogens with zero attached hydrogens (tertiary/aromatic N) is 1. The van der Waals surface area contributed by atoms with Crippen LogP contribution in [0.25, 0.3) is 0 Å². The molecule has 256 valence electrons. The predicted octanol–water partition coefficient (Wildman–Crippen LogP) is 3.97. The molecule has 3 aromatic carbocycles. The average molecular weight is 656 g/mol. The van der Waals surface area contributed by atoms with E-state index in [4.69, 9.17) is 15.2 Å². The van der Waals surface area contributed by atoms with Crippen LogP contribution >= 0.6 is 0 Å². The number of nitrogens with two attached hydrogens (primary N) is 1. The second-order valence-corrected chi connectivity index (χ2v) is 13.6. The van der Waals surface area contributed by atoms with Gasteiger partial charge in [-0.3, -0.25) is 14.4 Å². The Morgan fingerprint density at radius 3 is 2.15 bits per heavy atom. The van der Waals surface area contributed by atoms with Crippen molar-refractivity contribution in [2.45, 2.75) is 76.5 Å². The maximum Gasteiger partial charge on any atom is 0.245 e. The number of hydrogen-bond acceptors (Lipinski definition) is 7. The van der Waals surface area contributed by atoms with E-state index in [1.54, 1.807) is 0 Å². The number of rotatable bonds is 14. The van der Waals surface area contributed by atoms with Crippen LogP contribution in [0.3, 0.4) is 0 Å². The molecule has 0 spiro atoms. The number of carbonyl (C=O) groups is 3. The quantitative estimate of drug-likeness (QED) is 0.207. The van der Waals surface area contributed by atoms with Crippen molar-refractivity contribution in [2.24, 2.45) is 11.7 Å². The second kappa shape index (κ2) is 16.1. The molecule has 10 nitrogen and oxygen atoms in total. The number of amides is 3. The van der Waals surface area contributed by atoms with Crippen LogP contribution in [0.1, 0.15) is 51.2 Å². The van der Waals surface area contributed by atoms with Gasteiger partial charge in [0, 0.05) is 24.9 Å². The van der Waals surface area contributed by atoms with E-state index in [9.17, 15) is 14.4 Å². The zero-order chi connectivity index (χ0) is 34.1. The molecule has 0 saturated carbocycles. The normalized spacial score (nSPS) is 19.2. The molecule has 5 rings (SSSR count). The summed E-state index contributed by atoms with van der Waals surface area (Å²) < 4.78 is 11.5. The number of hydrogen-bond donors (Lipinski definition) is 4. The Morgan fingerprint density at radius 2 is 1.50 bits per heavy atom. The molecule has 0 aliphatic carbocycles. The number of carbonyl (C=O) groups excluding carboxylic acids is 3. The van der Waals surface area contributed by atoms with Crippen LogP contribution in [0.2, 0.25) is 0 Å². The number of nitrogens with one attached hydrogen (secondary N) is 3. The van der Waals surface area contributed by atoms with Gasteiger partial charge in [0.05, 0.1) is 12.6 Å². The van der Waals surface area contributed by atoms with Crippen LogP contribution in [0.15, 0.2) is 78.9 Å². The molecule has 2 aliphatic heterocycles. The van der Waals surface area contributed by atoms with Gasteiger partial charge in [0.2, 0.25) is 17.7 Å². The van der Waals surface area contributed by atoms with Gasteiger partial charge in [-0.15, -0.1) is 0 Å². The molecule has 2 heterocycles. The zero-order valence-electron chi connectivity index (χ0n) is 28.2. The molecule has 5 N–H and O–H groups in total. The van der Waals surface area contributed by atoms with Crippen molar-refractivity contribution in [2.75, 3.05) is 26.2 Å². The summed E-state index contributed by atoms with van der Waals surface area (Å²) in [7, 11) is 0. The summed E-state index contributed by atoms with van der Waals surface area (Å²) in [5.41, 5.74) is 7.43. The molecule has 2 saturated heterocycles. The highest BCUT2D eigenvalue weighted by Crippen LogP contribution is 2.26. The lowest BCUT2D eigenvalue weighted by molar-refractivity contribution is -0.143. The van der Waals surface area contributed by atoms with E-state index in [2.05, 4.69) is 16.0 Å². The van der Waals surface area contributed by atoms with Crippen LogP contribution < -0.4 is 31.2 Å². The molecule has 10 heteroatoms. The Balaban J connectivity index is 1.40. The van der Waals surface area contributed by atoms with Gasteiger partial charge in [-0.05, 0) is 107 Å². The maximum absolute atomic E-state index is 14.1. The number of ether oxygens (including phenoxy) is 2. The molecule has 3 atom stereocenters. The van der Waals surface area contributed by atoms with Gasteiger partial charge in [-0.1, -0.05) is 42.5 Å². The highest BCUT2D eigenvalue weighted by atomic mass is 16.5. The van der Waals surface area contributed by atoms with Gasteiger partial charge in [-0.2, -0.15) is 0 Å². The van der Waals surface area contributed by atoms with E-state index in [0.29, 0.717) is 31.7 Å². The van der Waals surface area contributed by atoms with Gasteiger partial charge >= 0.3 is 0 Å². The van der Waals surface area contributed by atoms with Crippen molar-refractivity contribution in [3.05, 3.63) is 90.0 Å². The molecule has 3 amide bonds. The Kier molecular flexibility index (Phi) is 11.7. The molecular formula is C38H49N5O5. The molecule has 3 aromatic rings. The molecule has 48 heavy (non-hydrogen) atoms. The Labute approximate surface area is 283 Å². The smallest absolute Gasteiger partial charge is 0.245 e. The van der Waals surface area contributed by atoms with Crippen LogP contribution in [0.5, 0.6) is 17.2 Å².